The molecule has 0 aliphatic heterocycles. The summed E-state index contributed by atoms with van der Waals surface area (Å²) >= 11 is 0. The minimum Gasteiger partial charge on any atom is -0.490 e. The van der Waals surface area contributed by atoms with Crippen molar-refractivity contribution in [2.45, 2.75) is 40.2 Å². The number of hydrazone groups is 1. The van der Waals surface area contributed by atoms with Gasteiger partial charge >= 0.3 is 0 Å². The van der Waals surface area contributed by atoms with Crippen molar-refractivity contribution < 1.29 is 19.1 Å². The molecule has 0 aromatic heterocycles. The number of amides is 2. The smallest absolute Gasteiger partial charge is 0.249 e. The lowest BCUT2D eigenvalue weighted by Crippen LogP contribution is -2.24. The highest BCUT2D eigenvalue weighted by Gasteiger charge is 2.10. The predicted molar refractivity (Wildman–Crippen MR) is 114 cm³/mol. The van der Waals surface area contributed by atoms with Gasteiger partial charge in [0.1, 0.15) is 6.42 Å². The van der Waals surface area contributed by atoms with Gasteiger partial charge < -0.3 is 14.8 Å². The van der Waals surface area contributed by atoms with E-state index >= 15 is 0 Å². The average molecular weight is 397 g/mol. The van der Waals surface area contributed by atoms with Crippen LogP contribution >= 0.6 is 0 Å². The van der Waals surface area contributed by atoms with Gasteiger partial charge in [-0.3, -0.25) is 9.59 Å². The van der Waals surface area contributed by atoms with Crippen molar-refractivity contribution >= 4 is 23.7 Å². The van der Waals surface area contributed by atoms with Crippen LogP contribution in [0.2, 0.25) is 0 Å². The fraction of sp³-hybridized carbons (Fsp3) is 0.318. The summed E-state index contributed by atoms with van der Waals surface area (Å²) in [5, 5.41) is 6.62. The molecule has 0 radical (unpaired) electrons. The van der Waals surface area contributed by atoms with Crippen molar-refractivity contribution in [1.82, 2.24) is 5.43 Å². The Morgan fingerprint density at radius 3 is 2.55 bits per heavy atom. The van der Waals surface area contributed by atoms with E-state index in [1.807, 2.05) is 45.9 Å². The molecule has 0 heterocycles. The highest BCUT2D eigenvalue weighted by atomic mass is 16.5. The van der Waals surface area contributed by atoms with Crippen LogP contribution in [-0.4, -0.2) is 30.7 Å². The number of rotatable bonds is 9. The molecule has 0 aliphatic carbocycles. The van der Waals surface area contributed by atoms with Crippen molar-refractivity contribution in [3.05, 3.63) is 53.6 Å². The Hall–Kier alpha value is -3.35. The predicted octanol–water partition coefficient (Wildman–Crippen LogP) is 3.66. The largest absolute Gasteiger partial charge is 0.490 e. The number of para-hydroxylation sites is 1. The van der Waals surface area contributed by atoms with Gasteiger partial charge in [0.15, 0.2) is 11.5 Å². The quantitative estimate of drug-likeness (QED) is 0.384. The zero-order valence-electron chi connectivity index (χ0n) is 17.2. The number of benzene rings is 2. The molecule has 0 aliphatic rings. The maximum atomic E-state index is 12.0. The molecule has 0 atom stereocenters. The molecule has 2 aromatic rings. The van der Waals surface area contributed by atoms with Crippen molar-refractivity contribution in [3.8, 4) is 11.5 Å². The molecule has 2 amide bonds. The van der Waals surface area contributed by atoms with Crippen molar-refractivity contribution in [2.75, 3.05) is 11.9 Å². The van der Waals surface area contributed by atoms with Crippen LogP contribution in [-0.2, 0) is 9.59 Å². The van der Waals surface area contributed by atoms with Crippen LogP contribution < -0.4 is 20.2 Å². The van der Waals surface area contributed by atoms with E-state index in [0.29, 0.717) is 23.8 Å². The maximum absolute atomic E-state index is 12.0. The van der Waals surface area contributed by atoms with Crippen LogP contribution in [0.1, 0.15) is 38.3 Å². The molecule has 2 rings (SSSR count). The number of ether oxygens (including phenoxy) is 2. The van der Waals surface area contributed by atoms with Gasteiger partial charge in [0.25, 0.3) is 0 Å². The molecule has 0 fully saturated rings. The van der Waals surface area contributed by atoms with Gasteiger partial charge in [0.05, 0.1) is 18.9 Å². The van der Waals surface area contributed by atoms with E-state index in [0.717, 1.165) is 11.1 Å². The standard InChI is InChI=1S/C22H27N3O4/c1-5-28-20-12-17(10-11-19(20)29-15(2)3)14-23-25-22(27)13-21(26)24-18-9-7-6-8-16(18)4/h6-12,14-15H,5,13H2,1-4H3,(H,24,26)(H,25,27). The third kappa shape index (κ3) is 7.29. The van der Waals surface area contributed by atoms with Gasteiger partial charge in [0.2, 0.25) is 11.8 Å². The number of aryl methyl sites for hydroxylation is 1. The van der Waals surface area contributed by atoms with E-state index in [4.69, 9.17) is 9.47 Å². The maximum Gasteiger partial charge on any atom is 0.249 e. The van der Waals surface area contributed by atoms with Crippen molar-refractivity contribution in [2.24, 2.45) is 5.10 Å². The number of anilines is 1. The molecule has 7 nitrogen and oxygen atoms in total. The number of hydrogen-bond donors (Lipinski definition) is 2. The summed E-state index contributed by atoms with van der Waals surface area (Å²) in [7, 11) is 0. The SMILES string of the molecule is CCOc1cc(C=NNC(=O)CC(=O)Nc2ccccc2C)ccc1OC(C)C. The fourth-order valence-electron chi connectivity index (χ4n) is 2.50. The molecule has 0 unspecified atom stereocenters. The zero-order chi connectivity index (χ0) is 21.2. The van der Waals surface area contributed by atoms with E-state index in [1.54, 1.807) is 24.3 Å². The highest BCUT2D eigenvalue weighted by molar-refractivity contribution is 6.04. The molecular weight excluding hydrogens is 370 g/mol. The summed E-state index contributed by atoms with van der Waals surface area (Å²) in [6, 6.07) is 12.7. The Balaban J connectivity index is 1.91. The summed E-state index contributed by atoms with van der Waals surface area (Å²) < 4.78 is 11.3. The highest BCUT2D eigenvalue weighted by Crippen LogP contribution is 2.28. The first-order chi connectivity index (χ1) is 13.9. The number of carbonyl (C=O) groups is 2. The number of carbonyl (C=O) groups excluding carboxylic acids is 2. The minimum atomic E-state index is -0.503. The monoisotopic (exact) mass is 397 g/mol. The Kier molecular flexibility index (Phi) is 8.21. The molecule has 0 saturated carbocycles. The topological polar surface area (TPSA) is 89.0 Å². The summed E-state index contributed by atoms with van der Waals surface area (Å²) in [6.07, 6.45) is 1.19. The van der Waals surface area contributed by atoms with Crippen molar-refractivity contribution in [1.29, 1.82) is 0 Å². The molecule has 0 saturated heterocycles. The van der Waals surface area contributed by atoms with Gasteiger partial charge in [0, 0.05) is 5.69 Å². The van der Waals surface area contributed by atoms with Gasteiger partial charge in [-0.05, 0) is 63.1 Å². The summed E-state index contributed by atoms with van der Waals surface area (Å²) in [5.41, 5.74) is 4.70. The lowest BCUT2D eigenvalue weighted by molar-refractivity contribution is -0.126. The second-order valence-electron chi connectivity index (χ2n) is 6.64. The first kappa shape index (κ1) is 21.9. The Morgan fingerprint density at radius 1 is 1.10 bits per heavy atom. The molecule has 7 heteroatoms. The fourth-order valence-corrected chi connectivity index (χ4v) is 2.50. The van der Waals surface area contributed by atoms with Gasteiger partial charge in [-0.25, -0.2) is 5.43 Å². The molecule has 154 valence electrons. The zero-order valence-corrected chi connectivity index (χ0v) is 17.2. The van der Waals surface area contributed by atoms with Crippen LogP contribution in [0, 0.1) is 6.92 Å². The van der Waals surface area contributed by atoms with E-state index in [-0.39, 0.29) is 12.5 Å². The third-order valence-electron chi connectivity index (χ3n) is 3.77. The normalized spacial score (nSPS) is 10.8. The second kappa shape index (κ2) is 10.8. The van der Waals surface area contributed by atoms with Gasteiger partial charge in [-0.1, -0.05) is 18.2 Å². The number of hydrogen-bond acceptors (Lipinski definition) is 5. The Morgan fingerprint density at radius 2 is 1.86 bits per heavy atom. The van der Waals surface area contributed by atoms with Crippen LogP contribution in [0.5, 0.6) is 11.5 Å². The second-order valence-corrected chi connectivity index (χ2v) is 6.64. The third-order valence-corrected chi connectivity index (χ3v) is 3.77. The van der Waals surface area contributed by atoms with Crippen LogP contribution in [0.15, 0.2) is 47.6 Å². The molecular formula is C22H27N3O4. The first-order valence-corrected chi connectivity index (χ1v) is 9.50. The summed E-state index contributed by atoms with van der Waals surface area (Å²) in [5.74, 6) is 0.350. The molecule has 0 bridgehead atoms. The van der Waals surface area contributed by atoms with E-state index in [9.17, 15) is 9.59 Å². The van der Waals surface area contributed by atoms with Gasteiger partial charge in [-0.15, -0.1) is 0 Å². The summed E-state index contributed by atoms with van der Waals surface area (Å²) in [6.45, 7) is 8.16. The van der Waals surface area contributed by atoms with Crippen LogP contribution in [0.25, 0.3) is 0 Å². The van der Waals surface area contributed by atoms with E-state index in [1.165, 1.54) is 6.21 Å². The van der Waals surface area contributed by atoms with Crippen LogP contribution in [0.3, 0.4) is 0 Å². The lowest BCUT2D eigenvalue weighted by atomic mass is 10.2. The number of nitrogens with one attached hydrogen (secondary N) is 2. The molecule has 29 heavy (non-hydrogen) atoms. The average Bonchev–Trinajstić information content (AvgIpc) is 2.65. The molecule has 2 N–H and O–H groups in total. The molecule has 2 aromatic carbocycles. The first-order valence-electron chi connectivity index (χ1n) is 9.50. The minimum absolute atomic E-state index is 0.0267. The van der Waals surface area contributed by atoms with Crippen LogP contribution in [0.4, 0.5) is 5.69 Å². The lowest BCUT2D eigenvalue weighted by Gasteiger charge is -2.14. The van der Waals surface area contributed by atoms with Crippen molar-refractivity contribution in [3.63, 3.8) is 0 Å². The van der Waals surface area contributed by atoms with E-state index in [2.05, 4.69) is 15.8 Å². The van der Waals surface area contributed by atoms with E-state index < -0.39 is 11.8 Å². The Bertz CT molecular complexity index is 878. The Labute approximate surface area is 171 Å². The van der Waals surface area contributed by atoms with Gasteiger partial charge in [-0.2, -0.15) is 5.10 Å². The molecule has 0 spiro atoms. The number of nitrogens with zero attached hydrogens (tertiary/aromatic N) is 1. The summed E-state index contributed by atoms with van der Waals surface area (Å²) in [4.78, 5) is 23.9.